The SMILES string of the molecule is N[C@@H]1CC[C@@H](C(F)(F)F)N(C(=O)c2cccc(C(F)(F)F)c2F)C1. The van der Waals surface area contributed by atoms with Gasteiger partial charge in [-0.25, -0.2) is 4.39 Å². The van der Waals surface area contributed by atoms with Crippen LogP contribution in [0.1, 0.15) is 28.8 Å². The molecule has 0 aliphatic carbocycles. The van der Waals surface area contributed by atoms with E-state index in [9.17, 15) is 35.5 Å². The zero-order valence-electron chi connectivity index (χ0n) is 12.1. The van der Waals surface area contributed by atoms with Crippen molar-refractivity contribution in [2.45, 2.75) is 37.3 Å². The van der Waals surface area contributed by atoms with Crippen LogP contribution in [0.25, 0.3) is 0 Å². The number of rotatable bonds is 1. The minimum Gasteiger partial charge on any atom is -0.326 e. The summed E-state index contributed by atoms with van der Waals surface area (Å²) in [5.41, 5.74) is 2.78. The molecule has 24 heavy (non-hydrogen) atoms. The minimum absolute atomic E-state index is 0.000963. The second kappa shape index (κ2) is 6.23. The number of hydrogen-bond donors (Lipinski definition) is 1. The van der Waals surface area contributed by atoms with Crippen molar-refractivity contribution >= 4 is 5.91 Å². The normalized spacial score (nSPS) is 22.6. The molecule has 1 aliphatic rings. The molecule has 0 spiro atoms. The summed E-state index contributed by atoms with van der Waals surface area (Å²) in [7, 11) is 0. The van der Waals surface area contributed by atoms with E-state index in [4.69, 9.17) is 5.73 Å². The molecular weight excluding hydrogens is 345 g/mol. The lowest BCUT2D eigenvalue weighted by atomic mass is 9.96. The second-order valence-corrected chi connectivity index (χ2v) is 5.52. The van der Waals surface area contributed by atoms with Crippen LogP contribution < -0.4 is 5.73 Å². The summed E-state index contributed by atoms with van der Waals surface area (Å²) < 4.78 is 91.3. The van der Waals surface area contributed by atoms with E-state index in [2.05, 4.69) is 0 Å². The average Bonchev–Trinajstić information content (AvgIpc) is 2.44. The Morgan fingerprint density at radius 3 is 2.29 bits per heavy atom. The van der Waals surface area contributed by atoms with Crippen LogP contribution >= 0.6 is 0 Å². The van der Waals surface area contributed by atoms with Gasteiger partial charge >= 0.3 is 12.4 Å². The van der Waals surface area contributed by atoms with Crippen molar-refractivity contribution in [3.63, 3.8) is 0 Å². The quantitative estimate of drug-likeness (QED) is 0.783. The van der Waals surface area contributed by atoms with E-state index in [0.29, 0.717) is 11.0 Å². The molecule has 0 bridgehead atoms. The molecule has 2 atom stereocenters. The van der Waals surface area contributed by atoms with Crippen molar-refractivity contribution in [2.24, 2.45) is 5.73 Å². The molecular formula is C14H13F7N2O. The Bertz CT molecular complexity index is 627. The Labute approximate surface area is 132 Å². The van der Waals surface area contributed by atoms with Gasteiger partial charge in [0.2, 0.25) is 0 Å². The van der Waals surface area contributed by atoms with Crippen molar-refractivity contribution < 1.29 is 35.5 Å². The average molecular weight is 358 g/mol. The summed E-state index contributed by atoms with van der Waals surface area (Å²) in [4.78, 5) is 12.6. The molecule has 1 amide bonds. The van der Waals surface area contributed by atoms with Crippen LogP contribution in [0.4, 0.5) is 30.7 Å². The predicted octanol–water partition coefficient (Wildman–Crippen LogP) is 3.34. The van der Waals surface area contributed by atoms with Crippen molar-refractivity contribution in [1.29, 1.82) is 0 Å². The summed E-state index contributed by atoms with van der Waals surface area (Å²) in [5.74, 6) is -3.36. The number of carbonyl (C=O) groups is 1. The van der Waals surface area contributed by atoms with Gasteiger partial charge in [-0.3, -0.25) is 4.79 Å². The monoisotopic (exact) mass is 358 g/mol. The fraction of sp³-hybridized carbons (Fsp3) is 0.500. The van der Waals surface area contributed by atoms with Gasteiger partial charge in [0.25, 0.3) is 5.91 Å². The molecule has 3 nitrogen and oxygen atoms in total. The van der Waals surface area contributed by atoms with Crippen LogP contribution in [0.15, 0.2) is 18.2 Å². The van der Waals surface area contributed by atoms with E-state index in [1.54, 1.807) is 0 Å². The van der Waals surface area contributed by atoms with Crippen LogP contribution in [0.5, 0.6) is 0 Å². The summed E-state index contributed by atoms with van der Waals surface area (Å²) in [6, 6.07) is -1.07. The fourth-order valence-corrected chi connectivity index (χ4v) is 2.63. The van der Waals surface area contributed by atoms with Gasteiger partial charge in [-0.1, -0.05) is 6.07 Å². The molecule has 2 rings (SSSR count). The van der Waals surface area contributed by atoms with Crippen LogP contribution in [0.2, 0.25) is 0 Å². The predicted molar refractivity (Wildman–Crippen MR) is 69.5 cm³/mol. The number of hydrogen-bond acceptors (Lipinski definition) is 2. The minimum atomic E-state index is -5.07. The van der Waals surface area contributed by atoms with E-state index >= 15 is 0 Å². The highest BCUT2D eigenvalue weighted by Crippen LogP contribution is 2.35. The van der Waals surface area contributed by atoms with E-state index in [-0.39, 0.29) is 6.42 Å². The van der Waals surface area contributed by atoms with Gasteiger partial charge in [-0.05, 0) is 25.0 Å². The molecule has 1 saturated heterocycles. The third kappa shape index (κ3) is 3.63. The van der Waals surface area contributed by atoms with E-state index < -0.39 is 60.3 Å². The zero-order chi connectivity index (χ0) is 18.3. The second-order valence-electron chi connectivity index (χ2n) is 5.52. The van der Waals surface area contributed by atoms with Crippen molar-refractivity contribution in [2.75, 3.05) is 6.54 Å². The zero-order valence-corrected chi connectivity index (χ0v) is 12.1. The highest BCUT2D eigenvalue weighted by Gasteiger charge is 2.48. The van der Waals surface area contributed by atoms with Crippen molar-refractivity contribution in [1.82, 2.24) is 4.90 Å². The Balaban J connectivity index is 2.43. The van der Waals surface area contributed by atoms with Crippen LogP contribution in [-0.4, -0.2) is 35.6 Å². The molecule has 1 aromatic carbocycles. The number of alkyl halides is 6. The third-order valence-corrected chi connectivity index (χ3v) is 3.79. The molecule has 1 aliphatic heterocycles. The standard InChI is InChI=1S/C14H13F7N2O/c15-11-8(2-1-3-9(11)13(16,17)18)12(24)23-6-7(22)4-5-10(23)14(19,20)21/h1-3,7,10H,4-6,22H2/t7-,10+/m1/s1. The summed E-state index contributed by atoms with van der Waals surface area (Å²) in [6.45, 7) is -0.515. The maximum absolute atomic E-state index is 14.0. The Hall–Kier alpha value is -1.84. The van der Waals surface area contributed by atoms with Crippen LogP contribution in [-0.2, 0) is 6.18 Å². The number of halogens is 7. The van der Waals surface area contributed by atoms with Gasteiger partial charge in [0.05, 0.1) is 11.1 Å². The first kappa shape index (κ1) is 18.5. The molecule has 134 valence electrons. The Kier molecular flexibility index (Phi) is 4.80. The number of amides is 1. The first-order chi connectivity index (χ1) is 10.9. The van der Waals surface area contributed by atoms with Gasteiger partial charge in [0.1, 0.15) is 11.9 Å². The van der Waals surface area contributed by atoms with Crippen molar-refractivity contribution in [3.8, 4) is 0 Å². The first-order valence-electron chi connectivity index (χ1n) is 6.92. The van der Waals surface area contributed by atoms with E-state index in [1.165, 1.54) is 0 Å². The summed E-state index contributed by atoms with van der Waals surface area (Å²) in [6.07, 6.45) is -10.3. The fourth-order valence-electron chi connectivity index (χ4n) is 2.63. The number of carbonyl (C=O) groups excluding carboxylic acids is 1. The highest BCUT2D eigenvalue weighted by molar-refractivity contribution is 5.95. The molecule has 1 fully saturated rings. The summed E-state index contributed by atoms with van der Waals surface area (Å²) >= 11 is 0. The molecule has 1 aromatic rings. The van der Waals surface area contributed by atoms with Gasteiger partial charge in [0.15, 0.2) is 0 Å². The van der Waals surface area contributed by atoms with Gasteiger partial charge in [-0.15, -0.1) is 0 Å². The first-order valence-corrected chi connectivity index (χ1v) is 6.92. The Morgan fingerprint density at radius 2 is 1.75 bits per heavy atom. The van der Waals surface area contributed by atoms with E-state index in [0.717, 1.165) is 12.1 Å². The molecule has 0 radical (unpaired) electrons. The van der Waals surface area contributed by atoms with Gasteiger partial charge in [0, 0.05) is 12.6 Å². The number of likely N-dealkylation sites (tertiary alicyclic amines) is 1. The van der Waals surface area contributed by atoms with Gasteiger partial charge < -0.3 is 10.6 Å². The van der Waals surface area contributed by atoms with Crippen LogP contribution in [0.3, 0.4) is 0 Å². The molecule has 0 aromatic heterocycles. The summed E-state index contributed by atoms with van der Waals surface area (Å²) in [5, 5.41) is 0. The number of nitrogens with two attached hydrogens (primary N) is 1. The molecule has 0 saturated carbocycles. The lowest BCUT2D eigenvalue weighted by Crippen LogP contribution is -2.56. The lowest BCUT2D eigenvalue weighted by Gasteiger charge is -2.39. The van der Waals surface area contributed by atoms with Crippen molar-refractivity contribution in [3.05, 3.63) is 35.1 Å². The number of piperidine rings is 1. The third-order valence-electron chi connectivity index (χ3n) is 3.79. The highest BCUT2D eigenvalue weighted by atomic mass is 19.4. The molecule has 0 unspecified atom stereocenters. The molecule has 2 N–H and O–H groups in total. The maximum Gasteiger partial charge on any atom is 0.419 e. The smallest absolute Gasteiger partial charge is 0.326 e. The number of benzene rings is 1. The number of nitrogens with zero attached hydrogens (tertiary/aromatic N) is 1. The lowest BCUT2D eigenvalue weighted by molar-refractivity contribution is -0.184. The molecule has 10 heteroatoms. The molecule has 1 heterocycles. The topological polar surface area (TPSA) is 46.3 Å². The van der Waals surface area contributed by atoms with Crippen LogP contribution in [0, 0.1) is 5.82 Å². The van der Waals surface area contributed by atoms with Gasteiger partial charge in [-0.2, -0.15) is 26.3 Å². The van der Waals surface area contributed by atoms with E-state index in [1.807, 2.05) is 0 Å². The largest absolute Gasteiger partial charge is 0.419 e. The Morgan fingerprint density at radius 1 is 1.12 bits per heavy atom. The maximum atomic E-state index is 14.0.